The first-order chi connectivity index (χ1) is 6.52. The zero-order valence-electron chi connectivity index (χ0n) is 9.04. The monoisotopic (exact) mass is 190 g/mol. The van der Waals surface area contributed by atoms with Gasteiger partial charge in [-0.1, -0.05) is 35.9 Å². The molecular formula is C12H18N2. The topological polar surface area (TPSA) is 49.9 Å². The SMILES string of the molecule is CC(=N)/C=C(\C)N.Cc1ccccc1. The van der Waals surface area contributed by atoms with Crippen molar-refractivity contribution in [3.8, 4) is 0 Å². The van der Waals surface area contributed by atoms with Gasteiger partial charge in [-0.25, -0.2) is 0 Å². The van der Waals surface area contributed by atoms with Gasteiger partial charge >= 0.3 is 0 Å². The lowest BCUT2D eigenvalue weighted by molar-refractivity contribution is 1.31. The van der Waals surface area contributed by atoms with Gasteiger partial charge in [0.15, 0.2) is 0 Å². The van der Waals surface area contributed by atoms with Gasteiger partial charge < -0.3 is 11.1 Å². The fraction of sp³-hybridized carbons (Fsp3) is 0.250. The van der Waals surface area contributed by atoms with Crippen molar-refractivity contribution in [2.45, 2.75) is 20.8 Å². The minimum absolute atomic E-state index is 0.500. The third kappa shape index (κ3) is 8.53. The smallest absolute Gasteiger partial charge is 0.0299 e. The molecule has 3 N–H and O–H groups in total. The van der Waals surface area contributed by atoms with Crippen molar-refractivity contribution in [2.24, 2.45) is 5.73 Å². The molecule has 0 fully saturated rings. The van der Waals surface area contributed by atoms with E-state index >= 15 is 0 Å². The lowest BCUT2D eigenvalue weighted by Gasteiger charge is -1.84. The molecule has 0 saturated carbocycles. The number of rotatable bonds is 1. The van der Waals surface area contributed by atoms with Gasteiger partial charge in [0.05, 0.1) is 0 Å². The van der Waals surface area contributed by atoms with E-state index in [1.54, 1.807) is 19.9 Å². The van der Waals surface area contributed by atoms with Crippen LogP contribution in [-0.4, -0.2) is 5.71 Å². The van der Waals surface area contributed by atoms with Crippen LogP contribution in [0.2, 0.25) is 0 Å². The Labute approximate surface area is 86.0 Å². The molecule has 0 unspecified atom stereocenters. The van der Waals surface area contributed by atoms with E-state index in [9.17, 15) is 0 Å². The van der Waals surface area contributed by atoms with Crippen LogP contribution < -0.4 is 5.73 Å². The van der Waals surface area contributed by atoms with Gasteiger partial charge in [-0.15, -0.1) is 0 Å². The lowest BCUT2D eigenvalue weighted by Crippen LogP contribution is -1.93. The molecule has 1 aromatic carbocycles. The molecule has 76 valence electrons. The van der Waals surface area contributed by atoms with Gasteiger partial charge in [0.2, 0.25) is 0 Å². The van der Waals surface area contributed by atoms with E-state index in [4.69, 9.17) is 11.1 Å². The van der Waals surface area contributed by atoms with Crippen molar-refractivity contribution < 1.29 is 0 Å². The zero-order valence-corrected chi connectivity index (χ0v) is 9.04. The summed E-state index contributed by atoms with van der Waals surface area (Å²) in [7, 11) is 0. The van der Waals surface area contributed by atoms with E-state index in [-0.39, 0.29) is 0 Å². The average molecular weight is 190 g/mol. The Morgan fingerprint density at radius 3 is 1.86 bits per heavy atom. The molecule has 1 aromatic rings. The van der Waals surface area contributed by atoms with Gasteiger partial charge in [-0.05, 0) is 26.8 Å². The molecule has 2 heteroatoms. The van der Waals surface area contributed by atoms with Crippen LogP contribution >= 0.6 is 0 Å². The molecule has 0 radical (unpaired) electrons. The minimum atomic E-state index is 0.500. The molecule has 0 spiro atoms. The Kier molecular flexibility index (Phi) is 6.12. The summed E-state index contributed by atoms with van der Waals surface area (Å²) >= 11 is 0. The molecule has 0 aliphatic rings. The third-order valence-corrected chi connectivity index (χ3v) is 1.38. The molecular weight excluding hydrogens is 172 g/mol. The summed E-state index contributed by atoms with van der Waals surface area (Å²) in [6.45, 7) is 5.54. The van der Waals surface area contributed by atoms with Crippen LogP contribution in [0.3, 0.4) is 0 Å². The summed E-state index contributed by atoms with van der Waals surface area (Å²) in [6, 6.07) is 10.3. The normalized spacial score (nSPS) is 10.1. The van der Waals surface area contributed by atoms with E-state index in [0.29, 0.717) is 11.4 Å². The van der Waals surface area contributed by atoms with Gasteiger partial charge in [-0.3, -0.25) is 0 Å². The minimum Gasteiger partial charge on any atom is -0.402 e. The fourth-order valence-electron chi connectivity index (χ4n) is 0.876. The van der Waals surface area contributed by atoms with E-state index in [2.05, 4.69) is 19.1 Å². The average Bonchev–Trinajstić information content (AvgIpc) is 2.03. The Hall–Kier alpha value is -1.57. The van der Waals surface area contributed by atoms with Crippen LogP contribution in [0.5, 0.6) is 0 Å². The molecule has 0 aliphatic heterocycles. The van der Waals surface area contributed by atoms with Crippen molar-refractivity contribution >= 4 is 5.71 Å². The number of hydrogen-bond acceptors (Lipinski definition) is 2. The molecule has 0 heterocycles. The van der Waals surface area contributed by atoms with Gasteiger partial charge in [0.1, 0.15) is 0 Å². The molecule has 14 heavy (non-hydrogen) atoms. The second-order valence-electron chi connectivity index (χ2n) is 3.23. The van der Waals surface area contributed by atoms with Crippen molar-refractivity contribution in [1.29, 1.82) is 5.41 Å². The van der Waals surface area contributed by atoms with E-state index < -0.39 is 0 Å². The van der Waals surface area contributed by atoms with Crippen molar-refractivity contribution in [3.05, 3.63) is 47.7 Å². The molecule has 0 aromatic heterocycles. The summed E-state index contributed by atoms with van der Waals surface area (Å²) in [5.41, 5.74) is 7.72. The molecule has 0 saturated heterocycles. The van der Waals surface area contributed by atoms with E-state index in [1.807, 2.05) is 18.2 Å². The quantitative estimate of drug-likeness (QED) is 0.657. The van der Waals surface area contributed by atoms with Crippen LogP contribution in [-0.2, 0) is 0 Å². The van der Waals surface area contributed by atoms with Gasteiger partial charge in [-0.2, -0.15) is 0 Å². The summed E-state index contributed by atoms with van der Waals surface area (Å²) in [4.78, 5) is 0. The number of nitrogens with one attached hydrogen (secondary N) is 1. The number of benzene rings is 1. The highest BCUT2D eigenvalue weighted by atomic mass is 14.5. The maximum absolute atomic E-state index is 6.87. The number of allylic oxidation sites excluding steroid dienone is 2. The highest BCUT2D eigenvalue weighted by Gasteiger charge is 1.76. The maximum atomic E-state index is 6.87. The zero-order chi connectivity index (χ0) is 11.0. The largest absolute Gasteiger partial charge is 0.402 e. The van der Waals surface area contributed by atoms with Crippen LogP contribution in [0.4, 0.5) is 0 Å². The molecule has 0 atom stereocenters. The summed E-state index contributed by atoms with van der Waals surface area (Å²) < 4.78 is 0. The Bertz CT molecular complexity index is 295. The number of hydrogen-bond donors (Lipinski definition) is 2. The van der Waals surface area contributed by atoms with Gasteiger partial charge in [0.25, 0.3) is 0 Å². The van der Waals surface area contributed by atoms with Crippen molar-refractivity contribution in [1.82, 2.24) is 0 Å². The number of nitrogens with two attached hydrogens (primary N) is 1. The van der Waals surface area contributed by atoms with E-state index in [0.717, 1.165) is 0 Å². The second-order valence-corrected chi connectivity index (χ2v) is 3.23. The fourth-order valence-corrected chi connectivity index (χ4v) is 0.876. The molecule has 2 nitrogen and oxygen atoms in total. The predicted molar refractivity (Wildman–Crippen MR) is 62.5 cm³/mol. The van der Waals surface area contributed by atoms with Crippen LogP contribution in [0.25, 0.3) is 0 Å². The van der Waals surface area contributed by atoms with Crippen LogP contribution in [0.15, 0.2) is 42.1 Å². The Balaban J connectivity index is 0.000000241. The maximum Gasteiger partial charge on any atom is 0.0299 e. The summed E-state index contributed by atoms with van der Waals surface area (Å²) in [5, 5.41) is 6.87. The Morgan fingerprint density at radius 1 is 1.21 bits per heavy atom. The highest BCUT2D eigenvalue weighted by Crippen LogP contribution is 1.92. The first kappa shape index (κ1) is 12.4. The first-order valence-corrected chi connectivity index (χ1v) is 4.53. The second kappa shape index (κ2) is 6.89. The summed E-state index contributed by atoms with van der Waals surface area (Å²) in [5.74, 6) is 0. The highest BCUT2D eigenvalue weighted by molar-refractivity contribution is 5.90. The lowest BCUT2D eigenvalue weighted by atomic mass is 10.2. The van der Waals surface area contributed by atoms with Crippen molar-refractivity contribution in [3.63, 3.8) is 0 Å². The van der Waals surface area contributed by atoms with Crippen LogP contribution in [0, 0.1) is 12.3 Å². The molecule has 1 rings (SSSR count). The summed E-state index contributed by atoms with van der Waals surface area (Å²) in [6.07, 6.45) is 1.61. The standard InChI is InChI=1S/C7H8.C5H10N2/c1-7-5-3-2-4-6-7;1-4(6)3-5(2)7/h2-6H,1H3;3,6H,7H2,1-2H3/b;5-3+,6-4?. The van der Waals surface area contributed by atoms with Gasteiger partial charge in [0, 0.05) is 11.4 Å². The van der Waals surface area contributed by atoms with Crippen LogP contribution in [0.1, 0.15) is 19.4 Å². The molecule has 0 bridgehead atoms. The third-order valence-electron chi connectivity index (χ3n) is 1.38. The molecule has 0 aliphatic carbocycles. The number of aryl methyl sites for hydroxylation is 1. The Morgan fingerprint density at radius 2 is 1.71 bits per heavy atom. The molecule has 0 amide bonds. The predicted octanol–water partition coefficient (Wildman–Crippen LogP) is 2.88. The van der Waals surface area contributed by atoms with E-state index in [1.165, 1.54) is 5.56 Å². The van der Waals surface area contributed by atoms with Crippen molar-refractivity contribution in [2.75, 3.05) is 0 Å². The first-order valence-electron chi connectivity index (χ1n) is 4.53.